The Morgan fingerprint density at radius 2 is 1.30 bits per heavy atom. The molecule has 0 saturated carbocycles. The summed E-state index contributed by atoms with van der Waals surface area (Å²) in [5.41, 5.74) is 0. The molecular weight excluding hydrogens is 339 g/mol. The quantitative estimate of drug-likeness (QED) is 0.267. The van der Waals surface area contributed by atoms with Crippen molar-refractivity contribution in [1.82, 2.24) is 0 Å². The van der Waals surface area contributed by atoms with E-state index in [4.69, 9.17) is 0 Å². The van der Waals surface area contributed by atoms with E-state index in [1.165, 1.54) is 38.5 Å². The fourth-order valence-electron chi connectivity index (χ4n) is 2.75. The molecule has 2 atom stereocenters. The van der Waals surface area contributed by atoms with Gasteiger partial charge in [0.2, 0.25) is 0 Å². The van der Waals surface area contributed by atoms with E-state index in [-0.39, 0.29) is 57.8 Å². The Morgan fingerprint density at radius 3 is 1.78 bits per heavy atom. The van der Waals surface area contributed by atoms with Crippen LogP contribution in [0.15, 0.2) is 0 Å². The van der Waals surface area contributed by atoms with Crippen LogP contribution in [-0.4, -0.2) is 29.4 Å². The van der Waals surface area contributed by atoms with Crippen LogP contribution < -0.4 is 51.4 Å². The molecule has 0 aliphatic rings. The smallest absolute Gasteiger partial charge is 0.748 e. The second-order valence-corrected chi connectivity index (χ2v) is 8.06. The molecule has 6 heteroatoms. The van der Waals surface area contributed by atoms with Crippen LogP contribution in [0.2, 0.25) is 0 Å². The van der Waals surface area contributed by atoms with Gasteiger partial charge >= 0.3 is 51.4 Å². The molecule has 0 aliphatic carbocycles. The fourth-order valence-corrected chi connectivity index (χ4v) is 3.66. The van der Waals surface area contributed by atoms with Gasteiger partial charge in [0.15, 0.2) is 0 Å². The Labute approximate surface area is 186 Å². The van der Waals surface area contributed by atoms with Gasteiger partial charge in [-0.15, -0.1) is 0 Å². The van der Waals surface area contributed by atoms with Crippen molar-refractivity contribution in [3.63, 3.8) is 0 Å². The average molecular weight is 375 g/mol. The van der Waals surface area contributed by atoms with E-state index in [9.17, 15) is 18.1 Å². The van der Waals surface area contributed by atoms with Crippen LogP contribution in [0.25, 0.3) is 0 Å². The van der Waals surface area contributed by atoms with Gasteiger partial charge in [-0.25, -0.2) is 8.42 Å². The number of rotatable bonds is 15. The third kappa shape index (κ3) is 16.7. The monoisotopic (exact) mass is 374 g/mol. The summed E-state index contributed by atoms with van der Waals surface area (Å²) in [5, 5.41) is 9.03. The van der Waals surface area contributed by atoms with Crippen LogP contribution in [0, 0.1) is 0 Å². The predicted molar refractivity (Wildman–Crippen MR) is 90.9 cm³/mol. The maximum absolute atomic E-state index is 11.2. The molecule has 0 rings (SSSR count). The van der Waals surface area contributed by atoms with Gasteiger partial charge in [0, 0.05) is 0 Å². The average Bonchev–Trinajstić information content (AvgIpc) is 2.45. The maximum Gasteiger partial charge on any atom is 1.00 e. The second-order valence-electron chi connectivity index (χ2n) is 6.41. The minimum absolute atomic E-state index is 0. The molecule has 0 aromatic carbocycles. The Bertz CT molecular complexity index is 347. The third-order valence-electron chi connectivity index (χ3n) is 4.21. The molecule has 0 aromatic rings. The Hall–Kier alpha value is 1.51. The van der Waals surface area contributed by atoms with Gasteiger partial charge in [-0.2, -0.15) is 0 Å². The van der Waals surface area contributed by atoms with E-state index in [2.05, 4.69) is 6.92 Å². The molecule has 134 valence electrons. The molecule has 0 aromatic heterocycles. The number of hydrogen-bond donors (Lipinski definition) is 1. The standard InChI is InChI=1S/C17H36O4S.K/c1-3-5-7-8-9-10-11-12-13-16(18)15-17(14-6-4-2)22(19,20)21;/h16-18H,3-15H2,1-2H3,(H,19,20,21);/q;+1/p-1. The van der Waals surface area contributed by atoms with Crippen molar-refractivity contribution < 1.29 is 69.5 Å². The minimum atomic E-state index is -4.29. The molecule has 1 N–H and O–H groups in total. The molecule has 0 spiro atoms. The zero-order valence-corrected chi connectivity index (χ0v) is 19.4. The third-order valence-corrected chi connectivity index (χ3v) is 5.46. The molecule has 4 nitrogen and oxygen atoms in total. The minimum Gasteiger partial charge on any atom is -0.748 e. The van der Waals surface area contributed by atoms with E-state index < -0.39 is 21.5 Å². The number of aliphatic hydroxyl groups excluding tert-OH is 1. The summed E-state index contributed by atoms with van der Waals surface area (Å²) in [6.07, 6.45) is 11.5. The van der Waals surface area contributed by atoms with Crippen LogP contribution in [0.1, 0.15) is 97.3 Å². The van der Waals surface area contributed by atoms with Crippen molar-refractivity contribution in [2.45, 2.75) is 109 Å². The van der Waals surface area contributed by atoms with Gasteiger partial charge in [-0.05, 0) is 19.3 Å². The number of hydrogen-bond acceptors (Lipinski definition) is 4. The zero-order valence-electron chi connectivity index (χ0n) is 15.4. The summed E-state index contributed by atoms with van der Waals surface area (Å²) in [6, 6.07) is 0. The van der Waals surface area contributed by atoms with Gasteiger partial charge in [0.25, 0.3) is 0 Å². The van der Waals surface area contributed by atoms with Crippen molar-refractivity contribution in [2.75, 3.05) is 0 Å². The second kappa shape index (κ2) is 16.9. The maximum atomic E-state index is 11.2. The zero-order chi connectivity index (χ0) is 16.8. The first-order valence-corrected chi connectivity index (χ1v) is 10.5. The van der Waals surface area contributed by atoms with Crippen LogP contribution in [0.3, 0.4) is 0 Å². The van der Waals surface area contributed by atoms with Gasteiger partial charge < -0.3 is 9.66 Å². The Morgan fingerprint density at radius 1 is 0.826 bits per heavy atom. The van der Waals surface area contributed by atoms with Gasteiger partial charge in [0.1, 0.15) is 0 Å². The van der Waals surface area contributed by atoms with Crippen LogP contribution >= 0.6 is 0 Å². The first kappa shape index (κ1) is 26.7. The van der Waals surface area contributed by atoms with Crippen molar-refractivity contribution in [3.8, 4) is 0 Å². The van der Waals surface area contributed by atoms with Gasteiger partial charge in [0.05, 0.1) is 21.5 Å². The molecule has 0 radical (unpaired) electrons. The first-order chi connectivity index (χ1) is 10.4. The summed E-state index contributed by atoms with van der Waals surface area (Å²) >= 11 is 0. The van der Waals surface area contributed by atoms with Crippen molar-refractivity contribution >= 4 is 10.1 Å². The Balaban J connectivity index is 0. The SMILES string of the molecule is CCCCCCCCCCC(O)CC(CCCC)S(=O)(=O)[O-].[K+]. The van der Waals surface area contributed by atoms with Crippen molar-refractivity contribution in [2.24, 2.45) is 0 Å². The van der Waals surface area contributed by atoms with Crippen LogP contribution in [0.5, 0.6) is 0 Å². The van der Waals surface area contributed by atoms with Crippen LogP contribution in [0.4, 0.5) is 0 Å². The molecular formula is C17H35KO4S. The van der Waals surface area contributed by atoms with Crippen molar-refractivity contribution in [3.05, 3.63) is 0 Å². The summed E-state index contributed by atoms with van der Waals surface area (Å²) in [5.74, 6) is 0. The molecule has 0 bridgehead atoms. The topological polar surface area (TPSA) is 77.4 Å². The number of unbranched alkanes of at least 4 members (excludes halogenated alkanes) is 8. The summed E-state index contributed by atoms with van der Waals surface area (Å²) < 4.78 is 33.6. The van der Waals surface area contributed by atoms with E-state index in [1.54, 1.807) is 0 Å². The predicted octanol–water partition coefficient (Wildman–Crippen LogP) is 1.38. The van der Waals surface area contributed by atoms with E-state index in [0.29, 0.717) is 12.8 Å². The van der Waals surface area contributed by atoms with Gasteiger partial charge in [-0.3, -0.25) is 0 Å². The van der Waals surface area contributed by atoms with E-state index >= 15 is 0 Å². The normalized spacial score (nSPS) is 14.3. The Kier molecular flexibility index (Phi) is 19.7. The molecule has 0 amide bonds. The molecule has 0 aliphatic heterocycles. The summed E-state index contributed by atoms with van der Waals surface area (Å²) in [7, 11) is -4.29. The molecule has 2 unspecified atom stereocenters. The largest absolute Gasteiger partial charge is 1.00 e. The van der Waals surface area contributed by atoms with Gasteiger partial charge in [-0.1, -0.05) is 78.1 Å². The van der Waals surface area contributed by atoms with E-state index in [1.807, 2.05) is 6.92 Å². The molecule has 23 heavy (non-hydrogen) atoms. The fraction of sp³-hybridized carbons (Fsp3) is 1.00. The number of aliphatic hydroxyl groups is 1. The first-order valence-electron chi connectivity index (χ1n) is 9.04. The van der Waals surface area contributed by atoms with Crippen molar-refractivity contribution in [1.29, 1.82) is 0 Å². The summed E-state index contributed by atoms with van der Waals surface area (Å²) in [4.78, 5) is 0. The molecule has 0 heterocycles. The van der Waals surface area contributed by atoms with E-state index in [0.717, 1.165) is 25.7 Å². The summed E-state index contributed by atoms with van der Waals surface area (Å²) in [6.45, 7) is 4.17. The molecule has 0 fully saturated rings. The molecule has 0 saturated heterocycles. The van der Waals surface area contributed by atoms with Crippen LogP contribution in [-0.2, 0) is 10.1 Å².